The van der Waals surface area contributed by atoms with Crippen LogP contribution in [0.2, 0.25) is 0 Å². The molecule has 0 fully saturated rings. The first-order valence-electron chi connectivity index (χ1n) is 7.78. The van der Waals surface area contributed by atoms with Crippen molar-refractivity contribution in [2.75, 3.05) is 13.7 Å². The highest BCUT2D eigenvalue weighted by Gasteiger charge is 2.00. The minimum absolute atomic E-state index is 0.570. The van der Waals surface area contributed by atoms with Gasteiger partial charge in [-0.25, -0.2) is 9.98 Å². The lowest BCUT2D eigenvalue weighted by Crippen LogP contribution is -2.36. The summed E-state index contributed by atoms with van der Waals surface area (Å²) in [5.74, 6) is 1.41. The van der Waals surface area contributed by atoms with Gasteiger partial charge in [0.2, 0.25) is 5.88 Å². The van der Waals surface area contributed by atoms with Crippen LogP contribution in [0.3, 0.4) is 0 Å². The highest BCUT2D eigenvalue weighted by Crippen LogP contribution is 2.07. The lowest BCUT2D eigenvalue weighted by Gasteiger charge is -2.11. The number of nitrogens with zero attached hydrogens (tertiary/aromatic N) is 2. The van der Waals surface area contributed by atoms with Gasteiger partial charge in [-0.1, -0.05) is 35.9 Å². The van der Waals surface area contributed by atoms with Crippen LogP contribution >= 0.6 is 0 Å². The van der Waals surface area contributed by atoms with E-state index in [1.807, 2.05) is 12.1 Å². The van der Waals surface area contributed by atoms with Crippen molar-refractivity contribution in [3.63, 3.8) is 0 Å². The van der Waals surface area contributed by atoms with E-state index < -0.39 is 0 Å². The van der Waals surface area contributed by atoms with E-state index >= 15 is 0 Å². The van der Waals surface area contributed by atoms with Crippen LogP contribution in [0.4, 0.5) is 0 Å². The summed E-state index contributed by atoms with van der Waals surface area (Å²) in [5.41, 5.74) is 3.54. The van der Waals surface area contributed by atoms with E-state index in [0.717, 1.165) is 24.6 Å². The average molecular weight is 312 g/mol. The maximum atomic E-state index is 5.06. The summed E-state index contributed by atoms with van der Waals surface area (Å²) in [4.78, 5) is 8.78. The Kier molecular flexibility index (Phi) is 6.41. The number of methoxy groups -OCH3 is 1. The minimum Gasteiger partial charge on any atom is -0.481 e. The van der Waals surface area contributed by atoms with Crippen molar-refractivity contribution in [3.05, 3.63) is 59.3 Å². The van der Waals surface area contributed by atoms with Gasteiger partial charge in [0.05, 0.1) is 13.7 Å². The Morgan fingerprint density at radius 1 is 1.17 bits per heavy atom. The fourth-order valence-electron chi connectivity index (χ4n) is 2.15. The summed E-state index contributed by atoms with van der Waals surface area (Å²) in [6.07, 6.45) is 1.78. The summed E-state index contributed by atoms with van der Waals surface area (Å²) in [7, 11) is 1.61. The lowest BCUT2D eigenvalue weighted by atomic mass is 10.1. The molecule has 122 valence electrons. The van der Waals surface area contributed by atoms with Gasteiger partial charge in [0, 0.05) is 25.4 Å². The highest BCUT2D eigenvalue weighted by molar-refractivity contribution is 5.79. The number of nitrogens with one attached hydrogen (secondary N) is 2. The SMILES string of the molecule is CCNC(=NCc1ccc(OC)nc1)NCc1cccc(C)c1. The summed E-state index contributed by atoms with van der Waals surface area (Å²) >= 11 is 0. The van der Waals surface area contributed by atoms with Gasteiger partial charge in [0.1, 0.15) is 0 Å². The Morgan fingerprint density at radius 2 is 2.04 bits per heavy atom. The summed E-state index contributed by atoms with van der Waals surface area (Å²) < 4.78 is 5.06. The van der Waals surface area contributed by atoms with Crippen molar-refractivity contribution in [1.82, 2.24) is 15.6 Å². The molecule has 0 bridgehead atoms. The van der Waals surface area contributed by atoms with Crippen molar-refractivity contribution in [3.8, 4) is 5.88 Å². The van der Waals surface area contributed by atoms with Crippen LogP contribution in [-0.4, -0.2) is 24.6 Å². The van der Waals surface area contributed by atoms with Gasteiger partial charge in [-0.15, -0.1) is 0 Å². The van der Waals surface area contributed by atoms with E-state index in [4.69, 9.17) is 4.74 Å². The number of hydrogen-bond donors (Lipinski definition) is 2. The molecule has 5 nitrogen and oxygen atoms in total. The molecular formula is C18H24N4O. The third-order valence-electron chi connectivity index (χ3n) is 3.31. The number of ether oxygens (including phenoxy) is 1. The van der Waals surface area contributed by atoms with E-state index in [9.17, 15) is 0 Å². The van der Waals surface area contributed by atoms with Crippen molar-refractivity contribution >= 4 is 5.96 Å². The first-order chi connectivity index (χ1) is 11.2. The number of aromatic nitrogens is 1. The van der Waals surface area contributed by atoms with Crippen LogP contribution < -0.4 is 15.4 Å². The zero-order valence-electron chi connectivity index (χ0n) is 14.0. The first-order valence-corrected chi connectivity index (χ1v) is 7.78. The molecule has 1 aromatic carbocycles. The van der Waals surface area contributed by atoms with Crippen LogP contribution in [0.25, 0.3) is 0 Å². The Morgan fingerprint density at radius 3 is 2.70 bits per heavy atom. The molecule has 0 amide bonds. The fraction of sp³-hybridized carbons (Fsp3) is 0.333. The topological polar surface area (TPSA) is 58.5 Å². The van der Waals surface area contributed by atoms with E-state index in [-0.39, 0.29) is 0 Å². The number of rotatable bonds is 6. The van der Waals surface area contributed by atoms with Crippen LogP contribution in [0.5, 0.6) is 5.88 Å². The summed E-state index contributed by atoms with van der Waals surface area (Å²) in [6, 6.07) is 12.3. The Balaban J connectivity index is 1.96. The molecule has 0 saturated heterocycles. The van der Waals surface area contributed by atoms with Crippen molar-refractivity contribution < 1.29 is 4.74 Å². The van der Waals surface area contributed by atoms with Crippen molar-refractivity contribution in [2.45, 2.75) is 26.9 Å². The third-order valence-corrected chi connectivity index (χ3v) is 3.31. The van der Waals surface area contributed by atoms with Gasteiger partial charge in [0.15, 0.2) is 5.96 Å². The van der Waals surface area contributed by atoms with Gasteiger partial charge >= 0.3 is 0 Å². The van der Waals surface area contributed by atoms with Gasteiger partial charge in [-0.3, -0.25) is 0 Å². The molecule has 0 radical (unpaired) electrons. The molecule has 0 atom stereocenters. The number of benzene rings is 1. The lowest BCUT2D eigenvalue weighted by molar-refractivity contribution is 0.397. The number of guanidine groups is 1. The van der Waals surface area contributed by atoms with E-state index in [0.29, 0.717) is 12.4 Å². The van der Waals surface area contributed by atoms with Crippen molar-refractivity contribution in [2.24, 2.45) is 4.99 Å². The highest BCUT2D eigenvalue weighted by atomic mass is 16.5. The number of pyridine rings is 1. The molecule has 0 aliphatic heterocycles. The maximum absolute atomic E-state index is 5.06. The zero-order valence-corrected chi connectivity index (χ0v) is 14.0. The molecular weight excluding hydrogens is 288 g/mol. The summed E-state index contributed by atoms with van der Waals surface area (Å²) in [5, 5.41) is 6.60. The average Bonchev–Trinajstić information content (AvgIpc) is 2.58. The molecule has 0 aliphatic carbocycles. The zero-order chi connectivity index (χ0) is 16.5. The van der Waals surface area contributed by atoms with Crippen LogP contribution in [0.15, 0.2) is 47.6 Å². The molecule has 0 saturated carbocycles. The monoisotopic (exact) mass is 312 g/mol. The predicted molar refractivity (Wildman–Crippen MR) is 93.6 cm³/mol. The molecule has 5 heteroatoms. The van der Waals surface area contributed by atoms with Gasteiger partial charge < -0.3 is 15.4 Å². The molecule has 2 aromatic rings. The fourth-order valence-corrected chi connectivity index (χ4v) is 2.15. The molecule has 2 N–H and O–H groups in total. The number of aryl methyl sites for hydroxylation is 1. The molecule has 1 aromatic heterocycles. The second kappa shape index (κ2) is 8.78. The van der Waals surface area contributed by atoms with E-state index in [1.165, 1.54) is 11.1 Å². The standard InChI is InChI=1S/C18H24N4O/c1-4-19-18(21-11-15-7-5-6-14(2)10-15)22-13-16-8-9-17(23-3)20-12-16/h5-10,12H,4,11,13H2,1-3H3,(H2,19,21,22). The third kappa shape index (κ3) is 5.62. The minimum atomic E-state index is 0.570. The smallest absolute Gasteiger partial charge is 0.212 e. The largest absolute Gasteiger partial charge is 0.481 e. The predicted octanol–water partition coefficient (Wildman–Crippen LogP) is 2.65. The van der Waals surface area contributed by atoms with E-state index in [2.05, 4.69) is 58.7 Å². The molecule has 23 heavy (non-hydrogen) atoms. The summed E-state index contributed by atoms with van der Waals surface area (Å²) in [6.45, 7) is 6.29. The van der Waals surface area contributed by atoms with Crippen molar-refractivity contribution in [1.29, 1.82) is 0 Å². The number of hydrogen-bond acceptors (Lipinski definition) is 3. The van der Waals surface area contributed by atoms with E-state index in [1.54, 1.807) is 13.3 Å². The molecule has 0 aliphatic rings. The van der Waals surface area contributed by atoms with Gasteiger partial charge in [-0.2, -0.15) is 0 Å². The Labute approximate surface area is 137 Å². The van der Waals surface area contributed by atoms with Crippen LogP contribution in [-0.2, 0) is 13.1 Å². The van der Waals surface area contributed by atoms with Gasteiger partial charge in [-0.05, 0) is 25.0 Å². The van der Waals surface area contributed by atoms with Crippen LogP contribution in [0.1, 0.15) is 23.6 Å². The van der Waals surface area contributed by atoms with Crippen LogP contribution in [0, 0.1) is 6.92 Å². The first kappa shape index (κ1) is 16.8. The molecule has 0 unspecified atom stereocenters. The molecule has 1 heterocycles. The Bertz CT molecular complexity index is 638. The Hall–Kier alpha value is -2.56. The number of aliphatic imine (C=N–C) groups is 1. The second-order valence-corrected chi connectivity index (χ2v) is 5.25. The second-order valence-electron chi connectivity index (χ2n) is 5.25. The normalized spacial score (nSPS) is 11.2. The maximum Gasteiger partial charge on any atom is 0.212 e. The quantitative estimate of drug-likeness (QED) is 0.636. The molecule has 0 spiro atoms. The van der Waals surface area contributed by atoms with Gasteiger partial charge in [0.25, 0.3) is 0 Å². The molecule has 2 rings (SSSR count).